The molecule has 9 nitrogen and oxygen atoms in total. The van der Waals surface area contributed by atoms with E-state index in [1.807, 2.05) is 4.90 Å². The van der Waals surface area contributed by atoms with E-state index in [4.69, 9.17) is 9.94 Å². The van der Waals surface area contributed by atoms with E-state index in [1.165, 1.54) is 19.2 Å². The molecule has 0 atom stereocenters. The van der Waals surface area contributed by atoms with Crippen LogP contribution < -0.4 is 15.1 Å². The lowest BCUT2D eigenvalue weighted by Gasteiger charge is -2.37. The molecule has 1 aliphatic rings. The number of aromatic nitrogens is 1. The Morgan fingerprint density at radius 2 is 1.77 bits per heavy atom. The fraction of sp³-hybridized carbons (Fsp3) is 0.350. The molecule has 0 amide bonds. The number of halogens is 2. The Labute approximate surface area is 178 Å². The fourth-order valence-corrected chi connectivity index (χ4v) is 3.40. The van der Waals surface area contributed by atoms with Crippen molar-refractivity contribution in [3.63, 3.8) is 0 Å². The minimum atomic E-state index is -0.631. The van der Waals surface area contributed by atoms with E-state index in [1.54, 1.807) is 24.8 Å². The highest BCUT2D eigenvalue weighted by Gasteiger charge is 2.22. The molecule has 166 valence electrons. The zero-order valence-electron chi connectivity index (χ0n) is 17.4. The second-order valence-electron chi connectivity index (χ2n) is 6.98. The Hall–Kier alpha value is -3.47. The van der Waals surface area contributed by atoms with E-state index in [0.717, 1.165) is 6.07 Å². The van der Waals surface area contributed by atoms with E-state index >= 15 is 0 Å². The summed E-state index contributed by atoms with van der Waals surface area (Å²) in [4.78, 5) is 12.4. The molecular weight excluding hydrogens is 410 g/mol. The third-order valence-electron chi connectivity index (χ3n) is 5.01. The number of oxime groups is 1. The van der Waals surface area contributed by atoms with E-state index < -0.39 is 11.6 Å². The number of piperazine rings is 1. The molecule has 2 aromatic rings. The van der Waals surface area contributed by atoms with Gasteiger partial charge in [0.1, 0.15) is 17.3 Å². The topological polar surface area (TPSA) is 106 Å². The third kappa shape index (κ3) is 5.00. The van der Waals surface area contributed by atoms with E-state index in [9.17, 15) is 14.0 Å². The molecule has 0 spiro atoms. The van der Waals surface area contributed by atoms with Crippen LogP contribution in [0.3, 0.4) is 0 Å². The second-order valence-corrected chi connectivity index (χ2v) is 6.98. The van der Waals surface area contributed by atoms with Gasteiger partial charge in [-0.1, -0.05) is 5.16 Å². The van der Waals surface area contributed by atoms with Gasteiger partial charge in [0.25, 0.3) is 0 Å². The van der Waals surface area contributed by atoms with Crippen molar-refractivity contribution in [2.24, 2.45) is 10.1 Å². The third-order valence-corrected chi connectivity index (χ3v) is 5.01. The van der Waals surface area contributed by atoms with Crippen molar-refractivity contribution < 1.29 is 23.9 Å². The number of rotatable bonds is 4. The lowest BCUT2D eigenvalue weighted by atomic mass is 10.1. The molecule has 3 rings (SSSR count). The summed E-state index contributed by atoms with van der Waals surface area (Å²) < 4.78 is 32.3. The summed E-state index contributed by atoms with van der Waals surface area (Å²) in [6, 6.07) is 5.06. The summed E-state index contributed by atoms with van der Waals surface area (Å²) in [5, 5.41) is 22.0. The number of guanidine groups is 1. The minimum Gasteiger partial charge on any atom is -0.479 e. The van der Waals surface area contributed by atoms with Crippen molar-refractivity contribution in [1.29, 1.82) is 0 Å². The van der Waals surface area contributed by atoms with Crippen molar-refractivity contribution in [2.75, 3.05) is 38.2 Å². The number of hydrogen-bond acceptors (Lipinski definition) is 7. The smallest absolute Gasteiger partial charge is 0.240 e. The van der Waals surface area contributed by atoms with Crippen molar-refractivity contribution in [3.05, 3.63) is 47.2 Å². The van der Waals surface area contributed by atoms with Crippen molar-refractivity contribution >= 4 is 23.0 Å². The molecule has 1 aromatic carbocycles. The highest BCUT2D eigenvalue weighted by molar-refractivity contribution is 6.00. The number of pyridine rings is 1. The van der Waals surface area contributed by atoms with Gasteiger partial charge in [0.15, 0.2) is 0 Å². The quantitative estimate of drug-likeness (QED) is 0.294. The fourth-order valence-electron chi connectivity index (χ4n) is 3.40. The Bertz CT molecular complexity index is 986. The summed E-state index contributed by atoms with van der Waals surface area (Å²) in [6.45, 7) is 5.19. The number of ether oxygens (including phenoxy) is 1. The van der Waals surface area contributed by atoms with Crippen molar-refractivity contribution in [1.82, 2.24) is 15.4 Å². The number of hydrogen-bond donors (Lipinski definition) is 3. The molecule has 0 bridgehead atoms. The van der Waals surface area contributed by atoms with Crippen LogP contribution in [0.2, 0.25) is 0 Å². The maximum absolute atomic E-state index is 13.5. The van der Waals surface area contributed by atoms with Gasteiger partial charge in [-0.15, -0.1) is 0 Å². The van der Waals surface area contributed by atoms with Crippen LogP contribution in [-0.4, -0.2) is 65.3 Å². The standard InChI is InChI=1S/C20H24F2N6O3/c1-12-17(13(2)25-29)11-18(19(23-12)31-3)24-20(26-30)28-6-4-27(5-7-28)16-9-14(21)8-15(22)10-16/h8-11,29-30H,4-7H2,1-3H3,(H,24,26). The second kappa shape index (κ2) is 9.56. The van der Waals surface area contributed by atoms with Crippen molar-refractivity contribution in [3.8, 4) is 5.88 Å². The first-order chi connectivity index (χ1) is 14.9. The molecule has 0 saturated carbocycles. The van der Waals surface area contributed by atoms with Gasteiger partial charge < -0.3 is 19.7 Å². The largest absolute Gasteiger partial charge is 0.479 e. The number of hydroxylamine groups is 1. The van der Waals surface area contributed by atoms with Crippen LogP contribution in [0.15, 0.2) is 34.4 Å². The molecule has 11 heteroatoms. The molecule has 2 heterocycles. The average Bonchev–Trinajstić information content (AvgIpc) is 2.77. The highest BCUT2D eigenvalue weighted by Crippen LogP contribution is 2.29. The summed E-state index contributed by atoms with van der Waals surface area (Å²) in [5.74, 6) is -0.853. The number of aliphatic imine (C=N–C) groups is 1. The summed E-state index contributed by atoms with van der Waals surface area (Å²) in [6.07, 6.45) is 0. The maximum Gasteiger partial charge on any atom is 0.240 e. The predicted octanol–water partition coefficient (Wildman–Crippen LogP) is 2.66. The molecule has 0 aliphatic carbocycles. The van der Waals surface area contributed by atoms with Gasteiger partial charge in [0.2, 0.25) is 11.8 Å². The van der Waals surface area contributed by atoms with Gasteiger partial charge in [0, 0.05) is 43.5 Å². The zero-order chi connectivity index (χ0) is 22.5. The van der Waals surface area contributed by atoms with Gasteiger partial charge in [-0.2, -0.15) is 0 Å². The van der Waals surface area contributed by atoms with Gasteiger partial charge in [-0.05, 0) is 32.0 Å². The average molecular weight is 434 g/mol. The number of nitrogens with zero attached hydrogens (tertiary/aromatic N) is 5. The van der Waals surface area contributed by atoms with Crippen LogP contribution >= 0.6 is 0 Å². The van der Waals surface area contributed by atoms with Crippen LogP contribution in [0.25, 0.3) is 0 Å². The van der Waals surface area contributed by atoms with Crippen LogP contribution in [0.1, 0.15) is 18.2 Å². The molecular formula is C20H24F2N6O3. The van der Waals surface area contributed by atoms with Crippen molar-refractivity contribution in [2.45, 2.75) is 13.8 Å². The lowest BCUT2D eigenvalue weighted by Crippen LogP contribution is -2.52. The van der Waals surface area contributed by atoms with E-state index in [0.29, 0.717) is 54.5 Å². The van der Waals surface area contributed by atoms with Crippen LogP contribution in [0.5, 0.6) is 5.88 Å². The summed E-state index contributed by atoms with van der Waals surface area (Å²) in [7, 11) is 1.45. The van der Waals surface area contributed by atoms with E-state index in [2.05, 4.69) is 20.6 Å². The molecule has 0 radical (unpaired) electrons. The molecule has 1 saturated heterocycles. The Morgan fingerprint density at radius 1 is 1.13 bits per heavy atom. The van der Waals surface area contributed by atoms with Gasteiger partial charge in [0.05, 0.1) is 18.5 Å². The number of nitrogens with one attached hydrogen (secondary N) is 1. The first-order valence-corrected chi connectivity index (χ1v) is 9.55. The van der Waals surface area contributed by atoms with E-state index in [-0.39, 0.29) is 11.8 Å². The predicted molar refractivity (Wildman–Crippen MR) is 112 cm³/mol. The Kier molecular flexibility index (Phi) is 6.85. The minimum absolute atomic E-state index is 0.165. The first kappa shape index (κ1) is 22.2. The summed E-state index contributed by atoms with van der Waals surface area (Å²) >= 11 is 0. The normalized spacial score (nSPS) is 15.3. The van der Waals surface area contributed by atoms with Crippen LogP contribution in [-0.2, 0) is 0 Å². The van der Waals surface area contributed by atoms with Gasteiger partial charge in [-0.25, -0.2) is 24.2 Å². The van der Waals surface area contributed by atoms with Crippen LogP contribution in [0.4, 0.5) is 20.2 Å². The Morgan fingerprint density at radius 3 is 2.32 bits per heavy atom. The molecule has 1 aromatic heterocycles. The number of anilines is 1. The van der Waals surface area contributed by atoms with Crippen LogP contribution in [0, 0.1) is 18.6 Å². The monoisotopic (exact) mass is 434 g/mol. The molecule has 3 N–H and O–H groups in total. The molecule has 1 fully saturated rings. The number of benzene rings is 1. The van der Waals surface area contributed by atoms with Gasteiger partial charge >= 0.3 is 0 Å². The zero-order valence-corrected chi connectivity index (χ0v) is 17.4. The molecule has 1 aliphatic heterocycles. The first-order valence-electron chi connectivity index (χ1n) is 9.55. The Balaban J connectivity index is 1.83. The lowest BCUT2D eigenvalue weighted by molar-refractivity contribution is 0.207. The SMILES string of the molecule is COc1nc(C)c(C(C)=NO)cc1N=C(NO)N1CCN(c2cc(F)cc(F)c2)CC1. The molecule has 0 unspecified atom stereocenters. The maximum atomic E-state index is 13.5. The number of aryl methyl sites for hydroxylation is 1. The number of methoxy groups -OCH3 is 1. The van der Waals surface area contributed by atoms with Gasteiger partial charge in [-0.3, -0.25) is 5.21 Å². The highest BCUT2D eigenvalue weighted by atomic mass is 19.1. The molecule has 31 heavy (non-hydrogen) atoms. The summed E-state index contributed by atoms with van der Waals surface area (Å²) in [5.41, 5.74) is 4.42.